The fraction of sp³-hybridized carbons (Fsp3) is 0.133. The molecule has 0 spiro atoms. The SMILES string of the molecule is Cn1ccc(=O)n(Cc2ccc(N)c3cccnc23)c1=O. The maximum Gasteiger partial charge on any atom is 0.331 e. The summed E-state index contributed by atoms with van der Waals surface area (Å²) < 4.78 is 2.55. The highest BCUT2D eigenvalue weighted by Crippen LogP contribution is 2.22. The predicted molar refractivity (Wildman–Crippen MR) is 81.2 cm³/mol. The molecule has 6 nitrogen and oxygen atoms in total. The fourth-order valence-electron chi connectivity index (χ4n) is 2.31. The van der Waals surface area contributed by atoms with Crippen molar-refractivity contribution >= 4 is 16.6 Å². The van der Waals surface area contributed by atoms with E-state index in [1.54, 1.807) is 31.4 Å². The van der Waals surface area contributed by atoms with Crippen LogP contribution in [-0.4, -0.2) is 14.1 Å². The largest absolute Gasteiger partial charge is 0.398 e. The summed E-state index contributed by atoms with van der Waals surface area (Å²) >= 11 is 0. The Morgan fingerprint density at radius 1 is 1.19 bits per heavy atom. The number of fused-ring (bicyclic) bond motifs is 1. The monoisotopic (exact) mass is 282 g/mol. The number of hydrogen-bond donors (Lipinski definition) is 1. The number of pyridine rings is 1. The maximum atomic E-state index is 12.1. The zero-order chi connectivity index (χ0) is 15.0. The molecule has 21 heavy (non-hydrogen) atoms. The van der Waals surface area contributed by atoms with Gasteiger partial charge in [0.15, 0.2) is 0 Å². The van der Waals surface area contributed by atoms with Crippen LogP contribution in [0, 0.1) is 0 Å². The molecule has 0 unspecified atom stereocenters. The first-order valence-corrected chi connectivity index (χ1v) is 6.46. The quantitative estimate of drug-likeness (QED) is 0.702. The average Bonchev–Trinajstić information content (AvgIpc) is 2.50. The number of aryl methyl sites for hydroxylation is 1. The van der Waals surface area contributed by atoms with E-state index in [9.17, 15) is 9.59 Å². The molecule has 0 radical (unpaired) electrons. The molecule has 2 N–H and O–H groups in total. The normalized spacial score (nSPS) is 10.9. The lowest BCUT2D eigenvalue weighted by atomic mass is 10.1. The van der Waals surface area contributed by atoms with Crippen LogP contribution in [0.2, 0.25) is 0 Å². The van der Waals surface area contributed by atoms with E-state index < -0.39 is 0 Å². The molecule has 106 valence electrons. The van der Waals surface area contributed by atoms with Crippen LogP contribution in [-0.2, 0) is 13.6 Å². The summed E-state index contributed by atoms with van der Waals surface area (Å²) in [5.74, 6) is 0. The summed E-state index contributed by atoms with van der Waals surface area (Å²) in [5, 5.41) is 0.816. The smallest absolute Gasteiger partial charge is 0.331 e. The molecule has 0 bridgehead atoms. The van der Waals surface area contributed by atoms with Crippen molar-refractivity contribution in [1.29, 1.82) is 0 Å². The van der Waals surface area contributed by atoms with Gasteiger partial charge in [0.1, 0.15) is 0 Å². The summed E-state index contributed by atoms with van der Waals surface area (Å²) in [4.78, 5) is 28.3. The number of anilines is 1. The number of nitrogens with two attached hydrogens (primary N) is 1. The molecule has 0 amide bonds. The van der Waals surface area contributed by atoms with Crippen molar-refractivity contribution in [2.75, 3.05) is 5.73 Å². The van der Waals surface area contributed by atoms with Gasteiger partial charge in [0.25, 0.3) is 5.56 Å². The summed E-state index contributed by atoms with van der Waals surface area (Å²) in [6.45, 7) is 0.167. The van der Waals surface area contributed by atoms with Crippen LogP contribution >= 0.6 is 0 Å². The van der Waals surface area contributed by atoms with Gasteiger partial charge in [-0.05, 0) is 23.8 Å². The lowest BCUT2D eigenvalue weighted by Gasteiger charge is -2.10. The van der Waals surface area contributed by atoms with E-state index in [0.717, 1.165) is 10.9 Å². The Hall–Kier alpha value is -2.89. The Morgan fingerprint density at radius 2 is 2.00 bits per heavy atom. The molecule has 2 aromatic heterocycles. The van der Waals surface area contributed by atoms with Crippen molar-refractivity contribution in [2.24, 2.45) is 7.05 Å². The third-order valence-electron chi connectivity index (χ3n) is 3.45. The van der Waals surface area contributed by atoms with Gasteiger partial charge < -0.3 is 10.3 Å². The van der Waals surface area contributed by atoms with Gasteiger partial charge in [-0.1, -0.05) is 6.07 Å². The lowest BCUT2D eigenvalue weighted by molar-refractivity contribution is 0.641. The van der Waals surface area contributed by atoms with Gasteiger partial charge in [0.2, 0.25) is 0 Å². The van der Waals surface area contributed by atoms with E-state index in [0.29, 0.717) is 11.2 Å². The van der Waals surface area contributed by atoms with Crippen molar-refractivity contribution < 1.29 is 0 Å². The second kappa shape index (κ2) is 4.90. The Balaban J connectivity index is 2.21. The third-order valence-corrected chi connectivity index (χ3v) is 3.45. The van der Waals surface area contributed by atoms with Gasteiger partial charge >= 0.3 is 5.69 Å². The minimum atomic E-state index is -0.358. The van der Waals surface area contributed by atoms with Crippen LogP contribution < -0.4 is 17.0 Å². The number of benzene rings is 1. The van der Waals surface area contributed by atoms with Crippen molar-refractivity contribution in [3.05, 3.63) is 69.1 Å². The number of rotatable bonds is 2. The number of nitrogen functional groups attached to an aromatic ring is 1. The van der Waals surface area contributed by atoms with Crippen LogP contribution in [0.25, 0.3) is 10.9 Å². The number of hydrogen-bond acceptors (Lipinski definition) is 4. The van der Waals surface area contributed by atoms with E-state index in [1.807, 2.05) is 6.07 Å². The minimum absolute atomic E-state index is 0.167. The first-order chi connectivity index (χ1) is 10.1. The molecule has 0 fully saturated rings. The van der Waals surface area contributed by atoms with Gasteiger partial charge in [-0.25, -0.2) is 4.79 Å². The van der Waals surface area contributed by atoms with Crippen LogP contribution in [0.1, 0.15) is 5.56 Å². The molecule has 6 heteroatoms. The third kappa shape index (κ3) is 2.20. The zero-order valence-electron chi connectivity index (χ0n) is 11.5. The van der Waals surface area contributed by atoms with Crippen molar-refractivity contribution in [3.8, 4) is 0 Å². The van der Waals surface area contributed by atoms with Crippen LogP contribution in [0.4, 0.5) is 5.69 Å². The molecular formula is C15H14N4O2. The Kier molecular flexibility index (Phi) is 3.06. The van der Waals surface area contributed by atoms with E-state index in [2.05, 4.69) is 4.98 Å². The molecule has 0 aliphatic heterocycles. The molecule has 2 heterocycles. The zero-order valence-corrected chi connectivity index (χ0v) is 11.5. The van der Waals surface area contributed by atoms with Crippen molar-refractivity contribution in [2.45, 2.75) is 6.54 Å². The molecule has 3 rings (SSSR count). The Labute approximate surface area is 120 Å². The highest BCUT2D eigenvalue weighted by Gasteiger charge is 2.09. The summed E-state index contributed by atoms with van der Waals surface area (Å²) in [6.07, 6.45) is 3.12. The summed E-state index contributed by atoms with van der Waals surface area (Å²) in [7, 11) is 1.61. The summed E-state index contributed by atoms with van der Waals surface area (Å²) in [6, 6.07) is 8.60. The Bertz CT molecular complexity index is 940. The van der Waals surface area contributed by atoms with Gasteiger partial charge in [-0.2, -0.15) is 0 Å². The molecular weight excluding hydrogens is 268 g/mol. The second-order valence-electron chi connectivity index (χ2n) is 4.85. The van der Waals surface area contributed by atoms with E-state index in [4.69, 9.17) is 5.73 Å². The highest BCUT2D eigenvalue weighted by molar-refractivity contribution is 5.92. The molecule has 0 saturated heterocycles. The number of nitrogens with zero attached hydrogens (tertiary/aromatic N) is 3. The predicted octanol–water partition coefficient (Wildman–Crippen LogP) is 0.726. The highest BCUT2D eigenvalue weighted by atomic mass is 16.2. The van der Waals surface area contributed by atoms with Crippen molar-refractivity contribution in [1.82, 2.24) is 14.1 Å². The van der Waals surface area contributed by atoms with Crippen molar-refractivity contribution in [3.63, 3.8) is 0 Å². The number of aromatic nitrogens is 3. The van der Waals surface area contributed by atoms with Crippen LogP contribution in [0.5, 0.6) is 0 Å². The maximum absolute atomic E-state index is 12.1. The van der Waals surface area contributed by atoms with Gasteiger partial charge in [-0.15, -0.1) is 0 Å². The molecule has 3 aromatic rings. The second-order valence-corrected chi connectivity index (χ2v) is 4.85. The van der Waals surface area contributed by atoms with E-state index >= 15 is 0 Å². The van der Waals surface area contributed by atoms with E-state index in [1.165, 1.54) is 21.4 Å². The minimum Gasteiger partial charge on any atom is -0.398 e. The molecule has 0 atom stereocenters. The molecule has 0 aliphatic rings. The molecule has 0 aliphatic carbocycles. The fourth-order valence-corrected chi connectivity index (χ4v) is 2.31. The van der Waals surface area contributed by atoms with Crippen LogP contribution in [0.3, 0.4) is 0 Å². The lowest BCUT2D eigenvalue weighted by Crippen LogP contribution is -2.38. The van der Waals surface area contributed by atoms with E-state index in [-0.39, 0.29) is 17.8 Å². The molecule has 1 aromatic carbocycles. The van der Waals surface area contributed by atoms with Crippen LogP contribution in [0.15, 0.2) is 52.3 Å². The molecule has 0 saturated carbocycles. The van der Waals surface area contributed by atoms with Gasteiger partial charge in [0, 0.05) is 36.6 Å². The standard InChI is InChI=1S/C15H14N4O2/c1-18-8-6-13(20)19(15(18)21)9-10-4-5-12(16)11-3-2-7-17-14(10)11/h2-8H,9,16H2,1H3. The Morgan fingerprint density at radius 3 is 2.81 bits per heavy atom. The average molecular weight is 282 g/mol. The van der Waals surface area contributed by atoms with Gasteiger partial charge in [0.05, 0.1) is 12.1 Å². The summed E-state index contributed by atoms with van der Waals surface area (Å²) in [5.41, 5.74) is 7.34. The first-order valence-electron chi connectivity index (χ1n) is 6.46. The van der Waals surface area contributed by atoms with Gasteiger partial charge in [-0.3, -0.25) is 14.3 Å². The first kappa shape index (κ1) is 13.1. The topological polar surface area (TPSA) is 82.9 Å².